The summed E-state index contributed by atoms with van der Waals surface area (Å²) < 4.78 is 77.0. The van der Waals surface area contributed by atoms with Crippen LogP contribution in [0.2, 0.25) is 0 Å². The van der Waals surface area contributed by atoms with Crippen LogP contribution in [0.25, 0.3) is 0 Å². The van der Waals surface area contributed by atoms with Gasteiger partial charge in [0.25, 0.3) is 0 Å². The van der Waals surface area contributed by atoms with Crippen LogP contribution in [0.15, 0.2) is 12.7 Å². The van der Waals surface area contributed by atoms with Crippen LogP contribution in [-0.4, -0.2) is 41.3 Å². The zero-order valence-electron chi connectivity index (χ0n) is 9.35. The molecule has 19 heavy (non-hydrogen) atoms. The van der Waals surface area contributed by atoms with Gasteiger partial charge in [-0.15, -0.1) is 6.58 Å². The fourth-order valence-corrected chi connectivity index (χ4v) is 1.63. The summed E-state index contributed by atoms with van der Waals surface area (Å²) in [6.07, 6.45) is -15.0. The minimum Gasteiger partial charge on any atom is -0.465 e. The molecule has 0 radical (unpaired) electrons. The molecule has 1 unspecified atom stereocenters. The van der Waals surface area contributed by atoms with Crippen molar-refractivity contribution in [1.82, 2.24) is 5.32 Å². The van der Waals surface area contributed by atoms with E-state index in [0.717, 1.165) is 5.32 Å². The lowest BCUT2D eigenvalue weighted by Crippen LogP contribution is -2.63. The molecule has 3 N–H and O–H groups in total. The zero-order chi connectivity index (χ0) is 15.5. The average Bonchev–Trinajstić information content (AvgIpc) is 2.18. The molecule has 0 aliphatic rings. The number of aliphatic hydroxyl groups is 1. The Labute approximate surface area is 103 Å². The van der Waals surface area contributed by atoms with Crippen LogP contribution in [0.1, 0.15) is 6.42 Å². The van der Waals surface area contributed by atoms with Crippen LogP contribution >= 0.6 is 0 Å². The molecule has 0 aromatic heterocycles. The number of amides is 1. The molecule has 0 bridgehead atoms. The molecule has 10 heteroatoms. The normalized spacial score (nSPS) is 14.9. The van der Waals surface area contributed by atoms with Crippen LogP contribution in [0.3, 0.4) is 0 Å². The van der Waals surface area contributed by atoms with Gasteiger partial charge in [0.1, 0.15) is 0 Å². The van der Waals surface area contributed by atoms with Crippen LogP contribution in [0, 0.1) is 5.41 Å². The molecule has 0 saturated heterocycles. The van der Waals surface area contributed by atoms with Gasteiger partial charge in [0.15, 0.2) is 5.41 Å². The molecule has 0 aromatic carbocycles. The number of nitrogens with one attached hydrogen (secondary N) is 1. The van der Waals surface area contributed by atoms with Crippen LogP contribution in [0.5, 0.6) is 0 Å². The molecule has 0 rings (SSSR count). The number of alkyl halides is 6. The molecule has 0 fully saturated rings. The highest BCUT2D eigenvalue weighted by Crippen LogP contribution is 2.55. The summed E-state index contributed by atoms with van der Waals surface area (Å²) in [5.74, 6) is 0. The highest BCUT2D eigenvalue weighted by Gasteiger charge is 2.73. The molecule has 0 heterocycles. The fraction of sp³-hybridized carbons (Fsp3) is 0.667. The Kier molecular flexibility index (Phi) is 5.24. The van der Waals surface area contributed by atoms with Crippen molar-refractivity contribution < 1.29 is 41.4 Å². The molecule has 4 nitrogen and oxygen atoms in total. The monoisotopic (exact) mass is 295 g/mol. The zero-order valence-corrected chi connectivity index (χ0v) is 9.35. The minimum absolute atomic E-state index is 0.368. The number of aliphatic hydroxyl groups excluding tert-OH is 1. The van der Waals surface area contributed by atoms with Crippen molar-refractivity contribution in [2.75, 3.05) is 6.61 Å². The Morgan fingerprint density at radius 3 is 1.84 bits per heavy atom. The highest BCUT2D eigenvalue weighted by atomic mass is 19.4. The second-order valence-electron chi connectivity index (χ2n) is 3.64. The maximum absolute atomic E-state index is 12.8. The summed E-state index contributed by atoms with van der Waals surface area (Å²) in [6, 6.07) is -2.79. The number of hydrogen-bond acceptors (Lipinski definition) is 2. The molecule has 0 saturated carbocycles. The Morgan fingerprint density at radius 1 is 1.21 bits per heavy atom. The van der Waals surface area contributed by atoms with Crippen molar-refractivity contribution in [2.45, 2.75) is 24.8 Å². The maximum atomic E-state index is 12.8. The predicted octanol–water partition coefficient (Wildman–Crippen LogP) is 2.30. The van der Waals surface area contributed by atoms with Gasteiger partial charge in [-0.25, -0.2) is 4.79 Å². The lowest BCUT2D eigenvalue weighted by Gasteiger charge is -2.41. The van der Waals surface area contributed by atoms with Crippen molar-refractivity contribution in [2.24, 2.45) is 5.41 Å². The van der Waals surface area contributed by atoms with Gasteiger partial charge >= 0.3 is 18.4 Å². The van der Waals surface area contributed by atoms with E-state index in [1.54, 1.807) is 0 Å². The summed E-state index contributed by atoms with van der Waals surface area (Å²) in [6.45, 7) is 1.14. The first kappa shape index (κ1) is 17.6. The van der Waals surface area contributed by atoms with Crippen LogP contribution in [-0.2, 0) is 0 Å². The van der Waals surface area contributed by atoms with Gasteiger partial charge in [-0.2, -0.15) is 26.3 Å². The van der Waals surface area contributed by atoms with Gasteiger partial charge in [0.2, 0.25) is 0 Å². The lowest BCUT2D eigenvalue weighted by atomic mass is 9.75. The van der Waals surface area contributed by atoms with Crippen molar-refractivity contribution in [1.29, 1.82) is 0 Å². The largest absolute Gasteiger partial charge is 0.465 e. The number of carboxylic acid groups (broad SMARTS) is 1. The van der Waals surface area contributed by atoms with Gasteiger partial charge in [0, 0.05) is 0 Å². The standard InChI is InChI=1S/C9H11F6NO3/c1-2-3-7(8(10,11)12,9(13,14)15)5(4-17)16-6(18)19/h2,5,16-17H,1,3-4H2,(H,18,19). The van der Waals surface area contributed by atoms with E-state index in [2.05, 4.69) is 6.58 Å². The second kappa shape index (κ2) is 5.68. The summed E-state index contributed by atoms with van der Waals surface area (Å²) in [7, 11) is 0. The minimum atomic E-state index is -5.82. The third kappa shape index (κ3) is 3.31. The third-order valence-corrected chi connectivity index (χ3v) is 2.55. The van der Waals surface area contributed by atoms with Crippen LogP contribution in [0.4, 0.5) is 31.1 Å². The van der Waals surface area contributed by atoms with Crippen LogP contribution < -0.4 is 5.32 Å². The number of halogens is 6. The second-order valence-corrected chi connectivity index (χ2v) is 3.64. The first-order valence-corrected chi connectivity index (χ1v) is 4.78. The third-order valence-electron chi connectivity index (χ3n) is 2.55. The maximum Gasteiger partial charge on any atom is 0.405 e. The van der Waals surface area contributed by atoms with Gasteiger partial charge in [-0.05, 0) is 6.42 Å². The van der Waals surface area contributed by atoms with E-state index in [9.17, 15) is 31.1 Å². The highest BCUT2D eigenvalue weighted by molar-refractivity contribution is 5.65. The Balaban J connectivity index is 5.95. The van der Waals surface area contributed by atoms with Crippen molar-refractivity contribution in [3.05, 3.63) is 12.7 Å². The van der Waals surface area contributed by atoms with Gasteiger partial charge < -0.3 is 15.5 Å². The van der Waals surface area contributed by atoms with Gasteiger partial charge in [-0.1, -0.05) is 6.08 Å². The summed E-state index contributed by atoms with van der Waals surface area (Å²) in [4.78, 5) is 10.3. The molecule has 0 aliphatic heterocycles. The molecule has 0 aromatic rings. The smallest absolute Gasteiger partial charge is 0.405 e. The molecule has 0 aliphatic carbocycles. The quantitative estimate of drug-likeness (QED) is 0.538. The molecule has 112 valence electrons. The van der Waals surface area contributed by atoms with E-state index in [0.29, 0.717) is 6.08 Å². The fourth-order valence-electron chi connectivity index (χ4n) is 1.63. The van der Waals surface area contributed by atoms with E-state index >= 15 is 0 Å². The first-order chi connectivity index (χ1) is 8.44. The number of hydrogen-bond donors (Lipinski definition) is 3. The Bertz CT molecular complexity index is 324. The van der Waals surface area contributed by atoms with Crippen molar-refractivity contribution >= 4 is 6.09 Å². The topological polar surface area (TPSA) is 69.6 Å². The first-order valence-electron chi connectivity index (χ1n) is 4.78. The number of carbonyl (C=O) groups is 1. The molecular weight excluding hydrogens is 284 g/mol. The lowest BCUT2D eigenvalue weighted by molar-refractivity contribution is -0.350. The van der Waals surface area contributed by atoms with E-state index in [4.69, 9.17) is 10.2 Å². The molecular formula is C9H11F6NO3. The Morgan fingerprint density at radius 2 is 1.63 bits per heavy atom. The number of allylic oxidation sites excluding steroid dienone is 1. The summed E-state index contributed by atoms with van der Waals surface area (Å²) in [5, 5.41) is 18.0. The van der Waals surface area contributed by atoms with Crippen molar-refractivity contribution in [3.8, 4) is 0 Å². The molecule has 0 spiro atoms. The van der Waals surface area contributed by atoms with E-state index < -0.39 is 42.9 Å². The number of rotatable bonds is 5. The molecule has 1 atom stereocenters. The summed E-state index contributed by atoms with van der Waals surface area (Å²) >= 11 is 0. The van der Waals surface area contributed by atoms with Gasteiger partial charge in [0.05, 0.1) is 12.6 Å². The average molecular weight is 295 g/mol. The van der Waals surface area contributed by atoms with Gasteiger partial charge in [-0.3, -0.25) is 0 Å². The molecule has 1 amide bonds. The van der Waals surface area contributed by atoms with Crippen molar-refractivity contribution in [3.63, 3.8) is 0 Å². The summed E-state index contributed by atoms with van der Waals surface area (Å²) in [5.41, 5.74) is -4.44. The van der Waals surface area contributed by atoms with E-state index in [1.807, 2.05) is 0 Å². The SMILES string of the molecule is C=CCC(C(CO)NC(=O)O)(C(F)(F)F)C(F)(F)F. The van der Waals surface area contributed by atoms with E-state index in [1.165, 1.54) is 0 Å². The Hall–Kier alpha value is -1.45. The predicted molar refractivity (Wildman–Crippen MR) is 51.4 cm³/mol. The van der Waals surface area contributed by atoms with E-state index in [-0.39, 0.29) is 0 Å².